The zero-order chi connectivity index (χ0) is 15.6. The standard InChI is InChI=1S/C13H15ClFN5O/c1-13(2,16)11-6-20(19-18-11)7-12(21)17-8-3-4-10(15)9(14)5-8/h3-6H,7,16H2,1-2H3,(H,17,21). The minimum Gasteiger partial charge on any atom is -0.324 e. The Balaban J connectivity index is 2.01. The van der Waals surface area contributed by atoms with Crippen molar-refractivity contribution in [3.63, 3.8) is 0 Å². The summed E-state index contributed by atoms with van der Waals surface area (Å²) in [6.45, 7) is 3.56. The van der Waals surface area contributed by atoms with Gasteiger partial charge in [0.05, 0.1) is 16.8 Å². The summed E-state index contributed by atoms with van der Waals surface area (Å²) in [5, 5.41) is 10.3. The van der Waals surface area contributed by atoms with Crippen LogP contribution in [0.5, 0.6) is 0 Å². The molecule has 1 aromatic heterocycles. The minimum absolute atomic E-state index is 0.0297. The van der Waals surface area contributed by atoms with Crippen molar-refractivity contribution in [2.75, 3.05) is 5.32 Å². The van der Waals surface area contributed by atoms with Crippen LogP contribution in [0.1, 0.15) is 19.5 Å². The van der Waals surface area contributed by atoms with Crippen LogP contribution >= 0.6 is 11.6 Å². The molecule has 1 aromatic carbocycles. The summed E-state index contributed by atoms with van der Waals surface area (Å²) in [5.41, 5.74) is 6.25. The van der Waals surface area contributed by atoms with Crippen molar-refractivity contribution in [3.8, 4) is 0 Å². The van der Waals surface area contributed by atoms with E-state index in [2.05, 4.69) is 15.6 Å². The molecule has 0 radical (unpaired) electrons. The van der Waals surface area contributed by atoms with E-state index in [1.165, 1.54) is 22.9 Å². The smallest absolute Gasteiger partial charge is 0.246 e. The van der Waals surface area contributed by atoms with Crippen LogP contribution in [0.3, 0.4) is 0 Å². The maximum Gasteiger partial charge on any atom is 0.246 e. The largest absolute Gasteiger partial charge is 0.324 e. The van der Waals surface area contributed by atoms with Gasteiger partial charge in [0.25, 0.3) is 0 Å². The van der Waals surface area contributed by atoms with Crippen LogP contribution in [0.4, 0.5) is 10.1 Å². The summed E-state index contributed by atoms with van der Waals surface area (Å²) >= 11 is 5.64. The number of rotatable bonds is 4. The molecule has 6 nitrogen and oxygen atoms in total. The van der Waals surface area contributed by atoms with Crippen molar-refractivity contribution in [1.29, 1.82) is 0 Å². The first-order chi connectivity index (χ1) is 9.75. The van der Waals surface area contributed by atoms with Crippen molar-refractivity contribution in [2.45, 2.75) is 25.9 Å². The van der Waals surface area contributed by atoms with Gasteiger partial charge in [0, 0.05) is 5.69 Å². The average Bonchev–Trinajstić information content (AvgIpc) is 2.82. The maximum absolute atomic E-state index is 13.0. The number of amides is 1. The van der Waals surface area contributed by atoms with Crippen LogP contribution in [-0.2, 0) is 16.9 Å². The number of aromatic nitrogens is 3. The van der Waals surface area contributed by atoms with Crippen LogP contribution in [-0.4, -0.2) is 20.9 Å². The van der Waals surface area contributed by atoms with Crippen LogP contribution in [0.15, 0.2) is 24.4 Å². The SMILES string of the molecule is CC(C)(N)c1cn(CC(=O)Nc2ccc(F)c(Cl)c2)nn1. The van der Waals surface area contributed by atoms with Crippen molar-refractivity contribution < 1.29 is 9.18 Å². The molecule has 0 aliphatic rings. The number of benzene rings is 1. The summed E-state index contributed by atoms with van der Waals surface area (Å²) in [4.78, 5) is 11.9. The number of nitrogens with two attached hydrogens (primary N) is 1. The molecule has 8 heteroatoms. The van der Waals surface area contributed by atoms with Crippen molar-refractivity contribution in [2.24, 2.45) is 5.73 Å². The van der Waals surface area contributed by atoms with E-state index in [1.54, 1.807) is 20.0 Å². The number of carbonyl (C=O) groups is 1. The first-order valence-electron chi connectivity index (χ1n) is 6.20. The molecular formula is C13H15ClFN5O. The van der Waals surface area contributed by atoms with Gasteiger partial charge in [0.1, 0.15) is 18.1 Å². The second kappa shape index (κ2) is 5.79. The Kier molecular flexibility index (Phi) is 4.24. The van der Waals surface area contributed by atoms with Gasteiger partial charge in [-0.1, -0.05) is 16.8 Å². The highest BCUT2D eigenvalue weighted by Gasteiger charge is 2.18. The van der Waals surface area contributed by atoms with Crippen molar-refractivity contribution >= 4 is 23.2 Å². The first-order valence-corrected chi connectivity index (χ1v) is 6.58. The predicted octanol–water partition coefficient (Wildman–Crippen LogP) is 1.90. The Hall–Kier alpha value is -1.99. The summed E-state index contributed by atoms with van der Waals surface area (Å²) in [5.74, 6) is -0.871. The number of carbonyl (C=O) groups excluding carboxylic acids is 1. The zero-order valence-corrected chi connectivity index (χ0v) is 12.4. The third kappa shape index (κ3) is 3.99. The zero-order valence-electron chi connectivity index (χ0n) is 11.6. The van der Waals surface area contributed by atoms with Gasteiger partial charge in [0.2, 0.25) is 5.91 Å². The normalized spacial score (nSPS) is 11.5. The molecule has 112 valence electrons. The second-order valence-electron chi connectivity index (χ2n) is 5.20. The second-order valence-corrected chi connectivity index (χ2v) is 5.61. The third-order valence-electron chi connectivity index (χ3n) is 2.71. The molecule has 0 saturated heterocycles. The monoisotopic (exact) mass is 311 g/mol. The molecule has 1 heterocycles. The fourth-order valence-corrected chi connectivity index (χ4v) is 1.77. The first kappa shape index (κ1) is 15.4. The summed E-state index contributed by atoms with van der Waals surface area (Å²) in [6.07, 6.45) is 1.61. The lowest BCUT2D eigenvalue weighted by Crippen LogP contribution is -2.29. The van der Waals surface area contributed by atoms with Crippen molar-refractivity contribution in [1.82, 2.24) is 15.0 Å². The Morgan fingerprint density at radius 1 is 1.52 bits per heavy atom. The number of nitrogens with zero attached hydrogens (tertiary/aromatic N) is 3. The lowest BCUT2D eigenvalue weighted by molar-refractivity contribution is -0.116. The van der Waals surface area contributed by atoms with E-state index < -0.39 is 11.4 Å². The Morgan fingerprint density at radius 2 is 2.24 bits per heavy atom. The highest BCUT2D eigenvalue weighted by Crippen LogP contribution is 2.19. The molecule has 0 spiro atoms. The molecule has 0 aliphatic carbocycles. The van der Waals surface area contributed by atoms with E-state index in [0.717, 1.165) is 0 Å². The van der Waals surface area contributed by atoms with Crippen LogP contribution in [0.25, 0.3) is 0 Å². The number of anilines is 1. The Labute approximate surface area is 126 Å². The highest BCUT2D eigenvalue weighted by molar-refractivity contribution is 6.31. The topological polar surface area (TPSA) is 85.8 Å². The van der Waals surface area contributed by atoms with Gasteiger partial charge in [-0.15, -0.1) is 5.10 Å². The van der Waals surface area contributed by atoms with Gasteiger partial charge < -0.3 is 11.1 Å². The molecule has 0 atom stereocenters. The van der Waals surface area contributed by atoms with E-state index in [-0.39, 0.29) is 17.5 Å². The van der Waals surface area contributed by atoms with E-state index in [1.807, 2.05) is 0 Å². The van der Waals surface area contributed by atoms with E-state index in [9.17, 15) is 9.18 Å². The van der Waals surface area contributed by atoms with Gasteiger partial charge in [-0.3, -0.25) is 4.79 Å². The average molecular weight is 312 g/mol. The molecule has 0 saturated carbocycles. The van der Waals surface area contributed by atoms with E-state index in [0.29, 0.717) is 11.4 Å². The van der Waals surface area contributed by atoms with Crippen LogP contribution in [0, 0.1) is 5.82 Å². The number of halogens is 2. The maximum atomic E-state index is 13.0. The lowest BCUT2D eigenvalue weighted by atomic mass is 10.0. The fraction of sp³-hybridized carbons (Fsp3) is 0.308. The van der Waals surface area contributed by atoms with E-state index in [4.69, 9.17) is 17.3 Å². The quantitative estimate of drug-likeness (QED) is 0.903. The fourth-order valence-electron chi connectivity index (χ4n) is 1.59. The Bertz CT molecular complexity index is 665. The molecule has 1 amide bonds. The van der Waals surface area contributed by atoms with Gasteiger partial charge in [-0.2, -0.15) is 0 Å². The minimum atomic E-state index is -0.626. The van der Waals surface area contributed by atoms with Crippen LogP contribution < -0.4 is 11.1 Å². The molecule has 0 unspecified atom stereocenters. The molecule has 0 fully saturated rings. The van der Waals surface area contributed by atoms with Crippen molar-refractivity contribution in [3.05, 3.63) is 40.9 Å². The number of nitrogens with one attached hydrogen (secondary N) is 1. The predicted molar refractivity (Wildman–Crippen MR) is 77.3 cm³/mol. The molecule has 0 bridgehead atoms. The van der Waals surface area contributed by atoms with Crippen LogP contribution in [0.2, 0.25) is 5.02 Å². The van der Waals surface area contributed by atoms with Gasteiger partial charge in [-0.25, -0.2) is 9.07 Å². The molecule has 3 N–H and O–H groups in total. The van der Waals surface area contributed by atoms with E-state index >= 15 is 0 Å². The summed E-state index contributed by atoms with van der Waals surface area (Å²) in [6, 6.07) is 3.95. The number of hydrogen-bond acceptors (Lipinski definition) is 4. The number of hydrogen-bond donors (Lipinski definition) is 2. The molecular weight excluding hydrogens is 297 g/mol. The molecule has 2 rings (SSSR count). The lowest BCUT2D eigenvalue weighted by Gasteiger charge is -2.13. The third-order valence-corrected chi connectivity index (χ3v) is 3.00. The molecule has 0 aliphatic heterocycles. The van der Waals surface area contributed by atoms with Gasteiger partial charge in [0.15, 0.2) is 0 Å². The highest BCUT2D eigenvalue weighted by atomic mass is 35.5. The molecule has 21 heavy (non-hydrogen) atoms. The summed E-state index contributed by atoms with van der Waals surface area (Å²) in [7, 11) is 0. The molecule has 2 aromatic rings. The van der Waals surface area contributed by atoms with Gasteiger partial charge >= 0.3 is 0 Å². The summed E-state index contributed by atoms with van der Waals surface area (Å²) < 4.78 is 14.4. The van der Waals surface area contributed by atoms with Gasteiger partial charge in [-0.05, 0) is 32.0 Å². The Morgan fingerprint density at radius 3 is 2.81 bits per heavy atom.